The minimum atomic E-state index is -0.944. The van der Waals surface area contributed by atoms with E-state index in [4.69, 9.17) is 11.5 Å². The van der Waals surface area contributed by atoms with Crippen molar-refractivity contribution in [3.05, 3.63) is 0 Å². The molecule has 0 rings (SSSR count). The minimum Gasteiger partial charge on any atom is -1.00 e. The number of hydrogen-bond donors (Lipinski definition) is 2. The summed E-state index contributed by atoms with van der Waals surface area (Å²) in [6, 6.07) is 0. The minimum absolute atomic E-state index is 0. The first-order valence-corrected chi connectivity index (χ1v) is 11.7. The fourth-order valence-electron chi connectivity index (χ4n) is 0. The molecule has 11 heavy (non-hydrogen) atoms. The molecule has 0 amide bonds. The topological polar surface area (TPSA) is 52.0 Å². The van der Waals surface area contributed by atoms with Crippen LogP contribution in [0, 0.1) is 0 Å². The Morgan fingerprint density at radius 1 is 0.818 bits per heavy atom. The van der Waals surface area contributed by atoms with Gasteiger partial charge in [0, 0.05) is 13.1 Å². The quantitative estimate of drug-likeness (QED) is 0.476. The first-order chi connectivity index (χ1) is 3.91. The van der Waals surface area contributed by atoms with Gasteiger partial charge in [-0.15, -0.1) is 0 Å². The largest absolute Gasteiger partial charge is 1.00 e. The summed E-state index contributed by atoms with van der Waals surface area (Å²) >= 11 is -0.944. The summed E-state index contributed by atoms with van der Waals surface area (Å²) < 4.78 is 0. The van der Waals surface area contributed by atoms with Gasteiger partial charge in [-0.25, -0.2) is 0 Å². The molecule has 0 bridgehead atoms. The molecule has 0 fully saturated rings. The zero-order valence-corrected chi connectivity index (χ0v) is 11.4. The van der Waals surface area contributed by atoms with Gasteiger partial charge in [0.2, 0.25) is 0 Å². The van der Waals surface area contributed by atoms with Crippen LogP contribution in [0.1, 0.15) is 0 Å². The Hall–Kier alpha value is 1.19. The summed E-state index contributed by atoms with van der Waals surface area (Å²) in [5, 5.41) is 9.47. The van der Waals surface area contributed by atoms with E-state index in [2.05, 4.69) is 21.3 Å². The zero-order valence-electron chi connectivity index (χ0n) is 7.64. The number of nitrogens with two attached hydrogens (primary N) is 2. The Balaban J connectivity index is -0.0000000383. The van der Waals surface area contributed by atoms with Crippen LogP contribution in [0.15, 0.2) is 0 Å². The molecule has 4 N–H and O–H groups in total. The van der Waals surface area contributed by atoms with E-state index in [-0.39, 0.29) is 24.8 Å². The van der Waals surface area contributed by atoms with Gasteiger partial charge in [-0.1, -0.05) is 0 Å². The van der Waals surface area contributed by atoms with E-state index < -0.39 is 16.1 Å². The first-order valence-electron chi connectivity index (χ1n) is 2.58. The zero-order chi connectivity index (χ0) is 7.91. The number of rotatable bonds is 1. The predicted molar refractivity (Wildman–Crippen MR) is 41.6 cm³/mol. The van der Waals surface area contributed by atoms with Crippen LogP contribution in [0.5, 0.6) is 0 Å². The fraction of sp³-hybridized carbons (Fsp3) is 1.00. The molecule has 0 aliphatic rings. The SMILES string of the molecule is NCCN.[CH3][Pt+2]([CH3])([CH3])[CH3].[Cl-].[Cl-]. The van der Waals surface area contributed by atoms with Crippen molar-refractivity contribution in [3.8, 4) is 0 Å². The van der Waals surface area contributed by atoms with Crippen LogP contribution < -0.4 is 36.3 Å². The normalized spacial score (nSPS) is 9.64. The summed E-state index contributed by atoms with van der Waals surface area (Å²) in [6.45, 7) is 1.19. The van der Waals surface area contributed by atoms with Crippen LogP contribution in [-0.4, -0.2) is 13.1 Å². The van der Waals surface area contributed by atoms with E-state index in [0.29, 0.717) is 13.1 Å². The van der Waals surface area contributed by atoms with E-state index in [9.17, 15) is 0 Å². The van der Waals surface area contributed by atoms with Crippen LogP contribution in [-0.2, 0) is 16.1 Å². The summed E-state index contributed by atoms with van der Waals surface area (Å²) in [4.78, 5) is 0. The maximum atomic E-state index is 4.90. The molecule has 0 spiro atoms. The molecular weight excluding hydrogens is 366 g/mol. The molecule has 2 nitrogen and oxygen atoms in total. The van der Waals surface area contributed by atoms with Gasteiger partial charge < -0.3 is 36.3 Å². The average Bonchev–Trinajstić information content (AvgIpc) is 1.61. The second kappa shape index (κ2) is 13.8. The van der Waals surface area contributed by atoms with E-state index in [1.165, 1.54) is 0 Å². The van der Waals surface area contributed by atoms with Crippen molar-refractivity contribution >= 4 is 0 Å². The summed E-state index contributed by atoms with van der Waals surface area (Å²) in [6.07, 6.45) is 0. The second-order valence-corrected chi connectivity index (χ2v) is 16.1. The Morgan fingerprint density at radius 2 is 0.909 bits per heavy atom. The van der Waals surface area contributed by atoms with Crippen LogP contribution in [0.3, 0.4) is 0 Å². The molecule has 0 unspecified atom stereocenters. The summed E-state index contributed by atoms with van der Waals surface area (Å²) in [5.74, 6) is 0. The van der Waals surface area contributed by atoms with Gasteiger partial charge in [0.25, 0.3) is 0 Å². The molecule has 78 valence electrons. The molecule has 0 aromatic heterocycles. The summed E-state index contributed by atoms with van der Waals surface area (Å²) in [5.41, 5.74) is 9.81. The van der Waals surface area contributed by atoms with Crippen LogP contribution in [0.25, 0.3) is 0 Å². The Bertz CT molecular complexity index is 49.0. The van der Waals surface area contributed by atoms with Crippen molar-refractivity contribution < 1.29 is 40.9 Å². The third kappa shape index (κ3) is 197. The Morgan fingerprint density at radius 3 is 0.909 bits per heavy atom. The van der Waals surface area contributed by atoms with Gasteiger partial charge in [-0.2, -0.15) is 0 Å². The first kappa shape index (κ1) is 22.8. The standard InChI is InChI=1S/C2H8N2.4CH3.2ClH.Pt/c3-1-2-4;;;;;;;/h1-4H2;4*1H3;2*1H;/q;;;;;;;+2/p-2. The van der Waals surface area contributed by atoms with E-state index in [0.717, 1.165) is 0 Å². The predicted octanol–water partition coefficient (Wildman–Crippen LogP) is -4.76. The van der Waals surface area contributed by atoms with Gasteiger partial charge in [-0.3, -0.25) is 0 Å². The number of hydrogen-bond acceptors (Lipinski definition) is 2. The molecule has 0 aliphatic heterocycles. The van der Waals surface area contributed by atoms with Gasteiger partial charge in [0.1, 0.15) is 0 Å². The van der Waals surface area contributed by atoms with E-state index in [1.807, 2.05) is 0 Å². The summed E-state index contributed by atoms with van der Waals surface area (Å²) in [7, 11) is 0. The molecule has 0 radical (unpaired) electrons. The second-order valence-electron chi connectivity index (χ2n) is 2.47. The fourth-order valence-corrected chi connectivity index (χ4v) is 0. The molecule has 0 aromatic carbocycles. The van der Waals surface area contributed by atoms with Gasteiger partial charge in [-0.05, 0) is 0 Å². The third-order valence-corrected chi connectivity index (χ3v) is 0.167. The van der Waals surface area contributed by atoms with Crippen molar-refractivity contribution in [1.82, 2.24) is 0 Å². The van der Waals surface area contributed by atoms with Crippen molar-refractivity contribution in [3.63, 3.8) is 0 Å². The third-order valence-electron chi connectivity index (χ3n) is 0.167. The molecular formula is C6H20Cl2N2Pt. The molecule has 5 heteroatoms. The Kier molecular flexibility index (Phi) is 28.5. The van der Waals surface area contributed by atoms with E-state index in [1.54, 1.807) is 0 Å². The van der Waals surface area contributed by atoms with Crippen molar-refractivity contribution in [2.75, 3.05) is 13.1 Å². The maximum absolute atomic E-state index is 4.90. The van der Waals surface area contributed by atoms with Crippen molar-refractivity contribution in [1.29, 1.82) is 0 Å². The Labute approximate surface area is 86.5 Å². The average molecular weight is 386 g/mol. The van der Waals surface area contributed by atoms with Gasteiger partial charge in [0.05, 0.1) is 0 Å². The molecule has 0 saturated carbocycles. The van der Waals surface area contributed by atoms with Crippen LogP contribution in [0.4, 0.5) is 0 Å². The molecule has 0 saturated heterocycles. The van der Waals surface area contributed by atoms with Gasteiger partial charge >= 0.3 is 37.3 Å². The monoisotopic (exact) mass is 385 g/mol. The van der Waals surface area contributed by atoms with Crippen LogP contribution >= 0.6 is 0 Å². The van der Waals surface area contributed by atoms with E-state index >= 15 is 0 Å². The molecule has 0 aromatic rings. The van der Waals surface area contributed by atoms with Crippen molar-refractivity contribution in [2.24, 2.45) is 11.5 Å². The maximum Gasteiger partial charge on any atom is -1.00 e. The molecule has 0 heterocycles. The molecule has 0 aliphatic carbocycles. The molecule has 0 atom stereocenters. The van der Waals surface area contributed by atoms with Crippen LogP contribution in [0.2, 0.25) is 21.3 Å². The number of halogens is 2. The smallest absolute Gasteiger partial charge is 1.00 e. The van der Waals surface area contributed by atoms with Crippen molar-refractivity contribution in [2.45, 2.75) is 21.3 Å². The van der Waals surface area contributed by atoms with Gasteiger partial charge in [0.15, 0.2) is 0 Å².